The average molecular weight is 316 g/mol. The number of carbonyl (C=O) groups excluding carboxylic acids is 1. The van der Waals surface area contributed by atoms with Crippen molar-refractivity contribution in [3.05, 3.63) is 30.4 Å². The SMILES string of the molecule is CCC1(CC)[C@@H](OC)C[C@@H]1N(C)C(=O)c1cn2cccnc2n1. The van der Waals surface area contributed by atoms with Gasteiger partial charge in [0, 0.05) is 44.2 Å². The molecular formula is C17H24N4O2. The van der Waals surface area contributed by atoms with Crippen molar-refractivity contribution in [3.8, 4) is 0 Å². The van der Waals surface area contributed by atoms with Crippen LogP contribution in [0.25, 0.3) is 5.78 Å². The van der Waals surface area contributed by atoms with E-state index in [-0.39, 0.29) is 23.5 Å². The van der Waals surface area contributed by atoms with Gasteiger partial charge in [0.1, 0.15) is 5.69 Å². The highest BCUT2D eigenvalue weighted by Gasteiger charge is 2.55. The van der Waals surface area contributed by atoms with Gasteiger partial charge in [0.15, 0.2) is 0 Å². The van der Waals surface area contributed by atoms with E-state index >= 15 is 0 Å². The van der Waals surface area contributed by atoms with E-state index in [1.54, 1.807) is 23.9 Å². The molecule has 3 rings (SSSR count). The zero-order valence-corrected chi connectivity index (χ0v) is 14.2. The van der Waals surface area contributed by atoms with Crippen LogP contribution in [0.1, 0.15) is 43.6 Å². The Morgan fingerprint density at radius 1 is 1.48 bits per heavy atom. The highest BCUT2D eigenvalue weighted by Crippen LogP contribution is 2.51. The zero-order chi connectivity index (χ0) is 16.6. The minimum absolute atomic E-state index is 0.0383. The molecule has 1 fully saturated rings. The molecule has 2 heterocycles. The van der Waals surface area contributed by atoms with Crippen LogP contribution in [0.2, 0.25) is 0 Å². The van der Waals surface area contributed by atoms with E-state index in [1.807, 2.05) is 24.2 Å². The molecule has 0 unspecified atom stereocenters. The maximum Gasteiger partial charge on any atom is 0.274 e. The van der Waals surface area contributed by atoms with Crippen molar-refractivity contribution in [3.63, 3.8) is 0 Å². The second-order valence-electron chi connectivity index (χ2n) is 6.29. The Hall–Kier alpha value is -1.95. The number of rotatable bonds is 5. The van der Waals surface area contributed by atoms with Gasteiger partial charge in [0.2, 0.25) is 5.78 Å². The molecule has 1 amide bonds. The summed E-state index contributed by atoms with van der Waals surface area (Å²) in [6.07, 6.45) is 8.36. The predicted molar refractivity (Wildman–Crippen MR) is 87.3 cm³/mol. The summed E-state index contributed by atoms with van der Waals surface area (Å²) < 4.78 is 7.40. The molecule has 0 saturated heterocycles. The molecular weight excluding hydrogens is 292 g/mol. The van der Waals surface area contributed by atoms with Gasteiger partial charge in [0.25, 0.3) is 5.91 Å². The molecule has 1 aliphatic carbocycles. The number of amides is 1. The number of hydrogen-bond acceptors (Lipinski definition) is 4. The third-order valence-corrected chi connectivity index (χ3v) is 5.59. The predicted octanol–water partition coefficient (Wildman–Crippen LogP) is 2.40. The largest absolute Gasteiger partial charge is 0.381 e. The van der Waals surface area contributed by atoms with Crippen LogP contribution in [-0.4, -0.2) is 51.5 Å². The number of fused-ring (bicyclic) bond motifs is 1. The lowest BCUT2D eigenvalue weighted by molar-refractivity contribution is -0.147. The third-order valence-electron chi connectivity index (χ3n) is 5.59. The van der Waals surface area contributed by atoms with Gasteiger partial charge in [0.05, 0.1) is 6.10 Å². The number of methoxy groups -OCH3 is 1. The standard InChI is InChI=1S/C17H24N4O2/c1-5-17(6-2)13(10-14(17)23-4)20(3)15(22)12-11-21-9-7-8-18-16(21)19-12/h7-9,11,13-14H,5-6,10H2,1-4H3/t13-,14-/m0/s1. The van der Waals surface area contributed by atoms with E-state index in [2.05, 4.69) is 23.8 Å². The molecule has 0 aromatic carbocycles. The van der Waals surface area contributed by atoms with Crippen LogP contribution >= 0.6 is 0 Å². The minimum atomic E-state index is -0.0543. The van der Waals surface area contributed by atoms with Gasteiger partial charge in [-0.1, -0.05) is 13.8 Å². The fourth-order valence-corrected chi connectivity index (χ4v) is 4.03. The number of imidazole rings is 1. The van der Waals surface area contributed by atoms with Gasteiger partial charge in [-0.05, 0) is 25.3 Å². The Morgan fingerprint density at radius 2 is 2.22 bits per heavy atom. The maximum absolute atomic E-state index is 12.8. The van der Waals surface area contributed by atoms with Crippen LogP contribution in [-0.2, 0) is 4.74 Å². The number of carbonyl (C=O) groups is 1. The Morgan fingerprint density at radius 3 is 2.83 bits per heavy atom. The lowest BCUT2D eigenvalue weighted by Crippen LogP contribution is -2.64. The quantitative estimate of drug-likeness (QED) is 0.850. The molecule has 0 N–H and O–H groups in total. The first kappa shape index (κ1) is 15.9. The fraction of sp³-hybridized carbons (Fsp3) is 0.588. The van der Waals surface area contributed by atoms with Gasteiger partial charge in [-0.3, -0.25) is 9.20 Å². The van der Waals surface area contributed by atoms with Crippen molar-refractivity contribution in [2.24, 2.45) is 5.41 Å². The van der Waals surface area contributed by atoms with Gasteiger partial charge >= 0.3 is 0 Å². The molecule has 2 aromatic heterocycles. The van der Waals surface area contributed by atoms with E-state index in [9.17, 15) is 4.79 Å². The van der Waals surface area contributed by atoms with Gasteiger partial charge in [-0.15, -0.1) is 0 Å². The molecule has 0 spiro atoms. The smallest absolute Gasteiger partial charge is 0.274 e. The van der Waals surface area contributed by atoms with Gasteiger partial charge in [-0.25, -0.2) is 9.97 Å². The molecule has 6 heteroatoms. The Labute approximate surface area is 136 Å². The van der Waals surface area contributed by atoms with Crippen molar-refractivity contribution >= 4 is 11.7 Å². The van der Waals surface area contributed by atoms with Gasteiger partial charge in [-0.2, -0.15) is 0 Å². The molecule has 0 radical (unpaired) electrons. The van der Waals surface area contributed by atoms with Crippen molar-refractivity contribution in [1.29, 1.82) is 0 Å². The number of ether oxygens (including phenoxy) is 1. The van der Waals surface area contributed by atoms with Crippen molar-refractivity contribution in [2.45, 2.75) is 45.3 Å². The van der Waals surface area contributed by atoms with Crippen LogP contribution in [0.5, 0.6) is 0 Å². The van der Waals surface area contributed by atoms with E-state index in [1.165, 1.54) is 0 Å². The lowest BCUT2D eigenvalue weighted by atomic mass is 9.58. The topological polar surface area (TPSA) is 59.7 Å². The van der Waals surface area contributed by atoms with Crippen LogP contribution in [0.3, 0.4) is 0 Å². The second-order valence-corrected chi connectivity index (χ2v) is 6.29. The Balaban J connectivity index is 1.85. The molecule has 0 bridgehead atoms. The monoisotopic (exact) mass is 316 g/mol. The Bertz CT molecular complexity index is 674. The summed E-state index contributed by atoms with van der Waals surface area (Å²) in [6.45, 7) is 4.35. The summed E-state index contributed by atoms with van der Waals surface area (Å²) >= 11 is 0. The van der Waals surface area contributed by atoms with Crippen LogP contribution < -0.4 is 0 Å². The molecule has 0 aliphatic heterocycles. The highest BCUT2D eigenvalue weighted by molar-refractivity contribution is 5.93. The Kier molecular flexibility index (Phi) is 4.10. The number of hydrogen-bond donors (Lipinski definition) is 0. The number of nitrogens with zero attached hydrogens (tertiary/aromatic N) is 4. The molecule has 2 atom stereocenters. The number of aromatic nitrogens is 3. The van der Waals surface area contributed by atoms with Gasteiger partial charge < -0.3 is 9.64 Å². The first-order valence-electron chi connectivity index (χ1n) is 8.17. The van der Waals surface area contributed by atoms with Crippen LogP contribution in [0, 0.1) is 5.41 Å². The van der Waals surface area contributed by atoms with E-state index < -0.39 is 0 Å². The molecule has 124 valence electrons. The summed E-state index contributed by atoms with van der Waals surface area (Å²) in [7, 11) is 3.63. The minimum Gasteiger partial charge on any atom is -0.381 e. The van der Waals surface area contributed by atoms with E-state index in [4.69, 9.17) is 4.74 Å². The summed E-state index contributed by atoms with van der Waals surface area (Å²) in [5, 5.41) is 0. The lowest BCUT2D eigenvalue weighted by Gasteiger charge is -2.57. The zero-order valence-electron chi connectivity index (χ0n) is 14.2. The summed E-state index contributed by atoms with van der Waals surface area (Å²) in [5.41, 5.74) is 0.476. The molecule has 1 saturated carbocycles. The normalized spacial score (nSPS) is 22.8. The maximum atomic E-state index is 12.8. The summed E-state index contributed by atoms with van der Waals surface area (Å²) in [6, 6.07) is 2.01. The highest BCUT2D eigenvalue weighted by atomic mass is 16.5. The molecule has 6 nitrogen and oxygen atoms in total. The van der Waals surface area contributed by atoms with Crippen molar-refractivity contribution in [2.75, 3.05) is 14.2 Å². The molecule has 2 aromatic rings. The van der Waals surface area contributed by atoms with E-state index in [0.29, 0.717) is 11.5 Å². The fourth-order valence-electron chi connectivity index (χ4n) is 4.03. The first-order valence-corrected chi connectivity index (χ1v) is 8.17. The van der Waals surface area contributed by atoms with Crippen LogP contribution in [0.15, 0.2) is 24.7 Å². The van der Waals surface area contributed by atoms with Crippen molar-refractivity contribution in [1.82, 2.24) is 19.3 Å². The summed E-state index contributed by atoms with van der Waals surface area (Å²) in [5.74, 6) is 0.492. The van der Waals surface area contributed by atoms with Crippen molar-refractivity contribution < 1.29 is 9.53 Å². The summed E-state index contributed by atoms with van der Waals surface area (Å²) in [4.78, 5) is 23.2. The third kappa shape index (κ3) is 2.32. The van der Waals surface area contributed by atoms with Crippen LogP contribution in [0.4, 0.5) is 0 Å². The first-order chi connectivity index (χ1) is 11.1. The molecule has 23 heavy (non-hydrogen) atoms. The average Bonchev–Trinajstić information content (AvgIpc) is 2.99. The van der Waals surface area contributed by atoms with E-state index in [0.717, 1.165) is 19.3 Å². The molecule has 1 aliphatic rings. The second kappa shape index (κ2) is 5.92.